The number of hydrogen-bond donors (Lipinski definition) is 2. The summed E-state index contributed by atoms with van der Waals surface area (Å²) in [5.74, 6) is -0.357. The lowest BCUT2D eigenvalue weighted by Crippen LogP contribution is -2.76. The first-order valence-electron chi connectivity index (χ1n) is 16.8. The lowest BCUT2D eigenvalue weighted by molar-refractivity contribution is -0.477. The van der Waals surface area contributed by atoms with Crippen molar-refractivity contribution in [3.63, 3.8) is 0 Å². The van der Waals surface area contributed by atoms with Gasteiger partial charge in [0.2, 0.25) is 10.6 Å². The molecule has 1 saturated heterocycles. The Labute approximate surface area is 289 Å². The zero-order valence-corrected chi connectivity index (χ0v) is 30.4. The van der Waals surface area contributed by atoms with Gasteiger partial charge in [0, 0.05) is 42.7 Å². The Kier molecular flexibility index (Phi) is 7.53. The molecule has 256 valence electrons. The molecule has 3 unspecified atom stereocenters. The number of quaternary nitrogens is 1. The maximum Gasteiger partial charge on any atom is 0.323 e. The van der Waals surface area contributed by atoms with Crippen molar-refractivity contribution < 1.29 is 30.5 Å². The molecule has 10 heteroatoms. The van der Waals surface area contributed by atoms with Gasteiger partial charge in [-0.1, -0.05) is 54.6 Å². The molecular formula is C39H44N2O6S2+2. The molecule has 0 bridgehead atoms. The average Bonchev–Trinajstić information content (AvgIpc) is 3.40. The fourth-order valence-corrected chi connectivity index (χ4v) is 10.8. The third-order valence-corrected chi connectivity index (χ3v) is 14.1. The molecule has 49 heavy (non-hydrogen) atoms. The Morgan fingerprint density at radius 1 is 0.816 bits per heavy atom. The van der Waals surface area contributed by atoms with Crippen LogP contribution in [0.15, 0.2) is 96.7 Å². The van der Waals surface area contributed by atoms with Gasteiger partial charge in [-0.25, -0.2) is 4.48 Å². The predicted molar refractivity (Wildman–Crippen MR) is 198 cm³/mol. The summed E-state index contributed by atoms with van der Waals surface area (Å²) in [6, 6.07) is 24.4. The number of allylic oxidation sites excluding steroid dienone is 4. The minimum atomic E-state index is -4.47. The molecular weight excluding hydrogens is 657 g/mol. The van der Waals surface area contributed by atoms with Gasteiger partial charge in [0.15, 0.2) is 11.8 Å². The molecule has 3 heterocycles. The van der Waals surface area contributed by atoms with Crippen molar-refractivity contribution in [2.45, 2.75) is 76.1 Å². The molecule has 0 amide bonds. The first-order valence-corrected chi connectivity index (χ1v) is 19.8. The molecule has 8 nitrogen and oxygen atoms in total. The van der Waals surface area contributed by atoms with Gasteiger partial charge in [0.1, 0.15) is 11.4 Å². The van der Waals surface area contributed by atoms with E-state index in [1.54, 1.807) is 6.92 Å². The van der Waals surface area contributed by atoms with Crippen LogP contribution in [0, 0.1) is 0 Å². The van der Waals surface area contributed by atoms with Crippen LogP contribution in [-0.2, 0) is 31.1 Å². The highest BCUT2D eigenvalue weighted by Gasteiger charge is 2.73. The van der Waals surface area contributed by atoms with Crippen molar-refractivity contribution in [2.75, 3.05) is 12.3 Å². The molecule has 0 radical (unpaired) electrons. The van der Waals surface area contributed by atoms with E-state index in [4.69, 9.17) is 0 Å². The highest BCUT2D eigenvalue weighted by atomic mass is 32.2. The van der Waals surface area contributed by atoms with E-state index in [0.717, 1.165) is 55.5 Å². The fourth-order valence-electron chi connectivity index (χ4n) is 9.15. The summed E-state index contributed by atoms with van der Waals surface area (Å²) >= 11 is 0. The Hall–Kier alpha value is -3.67. The number of fused-ring (bicyclic) bond motifs is 7. The van der Waals surface area contributed by atoms with Crippen LogP contribution in [0.25, 0.3) is 21.5 Å². The van der Waals surface area contributed by atoms with Crippen LogP contribution in [0.5, 0.6) is 0 Å². The molecule has 2 N–H and O–H groups in total. The van der Waals surface area contributed by atoms with Crippen molar-refractivity contribution in [2.24, 2.45) is 0 Å². The fraction of sp³-hybridized carbons (Fsp3) is 0.359. The zero-order chi connectivity index (χ0) is 35.4. The minimum Gasteiger partial charge on any atom is -0.286 e. The summed E-state index contributed by atoms with van der Waals surface area (Å²) in [4.78, 5) is -1.46. The monoisotopic (exact) mass is 700 g/mol. The smallest absolute Gasteiger partial charge is 0.286 e. The lowest BCUT2D eigenvalue weighted by atomic mass is 9.78. The summed E-state index contributed by atoms with van der Waals surface area (Å²) in [6.45, 7) is 12.7. The quantitative estimate of drug-likeness (QED) is 0.116. The highest BCUT2D eigenvalue weighted by molar-refractivity contribution is 7.87. The molecule has 0 saturated carbocycles. The number of benzene rings is 4. The average molecular weight is 701 g/mol. The Balaban J connectivity index is 1.43. The molecule has 0 aliphatic carbocycles. The number of hydrogen-bond acceptors (Lipinski definition) is 4. The third kappa shape index (κ3) is 4.75. The molecule has 3 aliphatic heterocycles. The summed E-state index contributed by atoms with van der Waals surface area (Å²) in [5.41, 5.74) is 4.87. The van der Waals surface area contributed by atoms with Gasteiger partial charge < -0.3 is 0 Å². The van der Waals surface area contributed by atoms with Crippen LogP contribution >= 0.6 is 0 Å². The van der Waals surface area contributed by atoms with Crippen molar-refractivity contribution in [1.29, 1.82) is 0 Å². The number of nitrogens with zero attached hydrogens (tertiary/aromatic N) is 2. The van der Waals surface area contributed by atoms with E-state index >= 15 is 0 Å². The normalized spacial score (nSPS) is 25.8. The SMILES string of the molecule is CC(CCS(=O)(=O)O)[N+]1=C(C=CC=C2C(C)(C)c3c(ccc4ccccc34)[N+]23CCC3(C)S(=O)(=O)O)C(C)(C)c2c1ccc1ccccc21. The van der Waals surface area contributed by atoms with Crippen molar-refractivity contribution in [3.8, 4) is 0 Å². The standard InChI is InChI=1S/C39H42N2O6S2/c1-26(22-25-48(42,43)44)40-31-20-18-27-12-7-9-14-29(27)35(31)37(2,3)33(40)16-11-17-34-38(4,5)36-30-15-10-8-13-28(30)19-21-32(36)41(34)24-23-39(41,6)49(45,46)47/h7-21,26H,22-25H2,1-6H3/p+2. The largest absolute Gasteiger partial charge is 0.323 e. The zero-order valence-electron chi connectivity index (χ0n) is 28.8. The first-order chi connectivity index (χ1) is 22.9. The second-order valence-corrected chi connectivity index (χ2v) is 18.5. The van der Waals surface area contributed by atoms with Crippen molar-refractivity contribution in [3.05, 3.63) is 108 Å². The second-order valence-electron chi connectivity index (χ2n) is 15.1. The highest BCUT2D eigenvalue weighted by Crippen LogP contribution is 2.63. The van der Waals surface area contributed by atoms with Gasteiger partial charge in [-0.15, -0.1) is 0 Å². The molecule has 4 aromatic rings. The van der Waals surface area contributed by atoms with Gasteiger partial charge in [-0.05, 0) is 74.4 Å². The van der Waals surface area contributed by atoms with Gasteiger partial charge in [-0.2, -0.15) is 21.4 Å². The molecule has 1 fully saturated rings. The van der Waals surface area contributed by atoms with E-state index in [1.165, 1.54) is 0 Å². The molecule has 3 aliphatic rings. The van der Waals surface area contributed by atoms with Crippen LogP contribution < -0.4 is 4.48 Å². The molecule has 4 aromatic carbocycles. The van der Waals surface area contributed by atoms with Gasteiger partial charge >= 0.3 is 10.1 Å². The van der Waals surface area contributed by atoms with E-state index in [0.29, 0.717) is 13.0 Å². The molecule has 3 atom stereocenters. The Bertz CT molecular complexity index is 2390. The molecule has 1 spiro atoms. The summed E-state index contributed by atoms with van der Waals surface area (Å²) < 4.78 is 72.6. The Morgan fingerprint density at radius 2 is 1.41 bits per heavy atom. The van der Waals surface area contributed by atoms with Crippen LogP contribution in [0.2, 0.25) is 0 Å². The van der Waals surface area contributed by atoms with Gasteiger partial charge in [-0.3, -0.25) is 9.11 Å². The summed E-state index contributed by atoms with van der Waals surface area (Å²) in [6.07, 6.45) is 6.62. The predicted octanol–water partition coefficient (Wildman–Crippen LogP) is 7.78. The second kappa shape index (κ2) is 10.9. The van der Waals surface area contributed by atoms with E-state index < -0.39 is 35.9 Å². The summed E-state index contributed by atoms with van der Waals surface area (Å²) in [5, 5.41) is 4.36. The number of rotatable bonds is 7. The van der Waals surface area contributed by atoms with E-state index in [2.05, 4.69) is 74.7 Å². The lowest BCUT2D eigenvalue weighted by Gasteiger charge is -2.56. The third-order valence-electron chi connectivity index (χ3n) is 11.7. The van der Waals surface area contributed by atoms with Crippen molar-refractivity contribution >= 4 is 58.9 Å². The van der Waals surface area contributed by atoms with Crippen molar-refractivity contribution in [1.82, 2.24) is 4.48 Å². The maximum atomic E-state index is 13.2. The van der Waals surface area contributed by atoms with Gasteiger partial charge in [0.05, 0.1) is 29.5 Å². The molecule has 0 aromatic heterocycles. The van der Waals surface area contributed by atoms with E-state index in [1.807, 2.05) is 55.5 Å². The maximum absolute atomic E-state index is 13.2. The topological polar surface area (TPSA) is 112 Å². The molecule has 7 rings (SSSR count). The minimum absolute atomic E-state index is 0.0292. The summed E-state index contributed by atoms with van der Waals surface area (Å²) in [7, 11) is -8.62. The van der Waals surface area contributed by atoms with E-state index in [9.17, 15) is 25.9 Å². The van der Waals surface area contributed by atoms with Crippen LogP contribution in [-0.4, -0.2) is 59.4 Å². The van der Waals surface area contributed by atoms with Gasteiger partial charge in [0.25, 0.3) is 10.1 Å². The Morgan fingerprint density at radius 3 is 1.98 bits per heavy atom. The first kappa shape index (κ1) is 33.8. The van der Waals surface area contributed by atoms with Crippen LogP contribution in [0.4, 0.5) is 11.4 Å². The van der Waals surface area contributed by atoms with E-state index in [-0.39, 0.29) is 22.7 Å². The van der Waals surface area contributed by atoms with Crippen LogP contribution in [0.3, 0.4) is 0 Å². The van der Waals surface area contributed by atoms with Crippen LogP contribution in [0.1, 0.15) is 65.5 Å².